The predicted molar refractivity (Wildman–Crippen MR) is 112 cm³/mol. The largest absolute Gasteiger partial charge is 0.285 e. The Morgan fingerprint density at radius 1 is 0.586 bits per heavy atom. The Morgan fingerprint density at radius 3 is 1.93 bits per heavy atom. The van der Waals surface area contributed by atoms with Crippen LogP contribution in [0.5, 0.6) is 0 Å². The van der Waals surface area contributed by atoms with Gasteiger partial charge in [0.1, 0.15) is 0 Å². The molecule has 0 saturated carbocycles. The molecule has 138 valence electrons. The van der Waals surface area contributed by atoms with Crippen molar-refractivity contribution < 1.29 is 9.59 Å². The Balaban J connectivity index is 1.69. The molecule has 5 nitrogen and oxygen atoms in total. The second-order valence-electron chi connectivity index (χ2n) is 6.84. The van der Waals surface area contributed by atoms with Gasteiger partial charge >= 0.3 is 0 Å². The molecule has 0 bridgehead atoms. The monoisotopic (exact) mass is 398 g/mol. The number of carbonyl (C=O) groups excluding carboxylic acids is 2. The number of hydrogen-bond acceptors (Lipinski definition) is 6. The smallest absolute Gasteiger partial charge is 0.273 e. The molecule has 0 N–H and O–H groups in total. The van der Waals surface area contributed by atoms with Crippen LogP contribution >= 0.6 is 11.3 Å². The van der Waals surface area contributed by atoms with E-state index in [9.17, 15) is 24.0 Å². The van der Waals surface area contributed by atoms with Crippen LogP contribution in [0.2, 0.25) is 0 Å². The minimum atomic E-state index is -1.01. The number of ketones is 2. The lowest BCUT2D eigenvalue weighted by molar-refractivity contribution is -0.109. The molecule has 0 fully saturated rings. The summed E-state index contributed by atoms with van der Waals surface area (Å²) in [5, 5.41) is 4.03. The summed E-state index contributed by atoms with van der Waals surface area (Å²) in [5.74, 6) is -1.15. The SMILES string of the molecule is C=C1C(=O)C(=O)c2cc(-c3cscc3-c3ccc4c(=O)c(=O)c(=O)c4c3)ccc21. The molecule has 29 heavy (non-hydrogen) atoms. The molecule has 1 aliphatic carbocycles. The molecule has 4 aromatic rings. The van der Waals surface area contributed by atoms with E-state index < -0.39 is 27.9 Å². The maximum absolute atomic E-state index is 12.2. The van der Waals surface area contributed by atoms with E-state index in [0.29, 0.717) is 16.7 Å². The molecule has 1 heterocycles. The average Bonchev–Trinajstić information content (AvgIpc) is 3.37. The van der Waals surface area contributed by atoms with E-state index in [1.165, 1.54) is 17.4 Å². The molecule has 0 aliphatic heterocycles. The van der Waals surface area contributed by atoms with E-state index in [1.54, 1.807) is 24.3 Å². The van der Waals surface area contributed by atoms with Crippen LogP contribution in [-0.4, -0.2) is 11.6 Å². The molecule has 0 atom stereocenters. The average molecular weight is 398 g/mol. The van der Waals surface area contributed by atoms with Crippen LogP contribution in [0.3, 0.4) is 0 Å². The van der Waals surface area contributed by atoms with Crippen LogP contribution in [0.1, 0.15) is 15.9 Å². The van der Waals surface area contributed by atoms with Gasteiger partial charge in [0.15, 0.2) is 0 Å². The van der Waals surface area contributed by atoms with Gasteiger partial charge in [0.2, 0.25) is 22.4 Å². The molecule has 0 unspecified atom stereocenters. The van der Waals surface area contributed by atoms with Crippen molar-refractivity contribution in [3.8, 4) is 22.3 Å². The Labute approximate surface area is 166 Å². The van der Waals surface area contributed by atoms with Gasteiger partial charge in [0, 0.05) is 33.0 Å². The third kappa shape index (κ3) is 2.30. The molecular weight excluding hydrogens is 388 g/mol. The summed E-state index contributed by atoms with van der Waals surface area (Å²) < 4.78 is 0. The molecule has 6 heteroatoms. The van der Waals surface area contributed by atoms with Crippen molar-refractivity contribution in [2.45, 2.75) is 0 Å². The van der Waals surface area contributed by atoms with Crippen LogP contribution in [-0.2, 0) is 4.79 Å². The zero-order valence-electron chi connectivity index (χ0n) is 14.8. The number of thiophene rings is 1. The predicted octanol–water partition coefficient (Wildman–Crippen LogP) is 2.97. The lowest BCUT2D eigenvalue weighted by Gasteiger charge is -2.07. The van der Waals surface area contributed by atoms with Crippen molar-refractivity contribution in [2.75, 3.05) is 0 Å². The second-order valence-corrected chi connectivity index (χ2v) is 7.59. The zero-order chi connectivity index (χ0) is 20.4. The van der Waals surface area contributed by atoms with Gasteiger partial charge in [-0.1, -0.05) is 24.8 Å². The highest BCUT2D eigenvalue weighted by Gasteiger charge is 2.32. The molecule has 5 rings (SSSR count). The van der Waals surface area contributed by atoms with Gasteiger partial charge in [0.05, 0.1) is 0 Å². The van der Waals surface area contributed by atoms with Gasteiger partial charge in [0.25, 0.3) is 5.43 Å². The van der Waals surface area contributed by atoms with Gasteiger partial charge in [-0.05, 0) is 45.6 Å². The quantitative estimate of drug-likeness (QED) is 0.383. The molecule has 1 aliphatic rings. The molecule has 3 aromatic carbocycles. The molecule has 1 aromatic heterocycles. The Morgan fingerprint density at radius 2 is 1.21 bits per heavy atom. The van der Waals surface area contributed by atoms with Crippen molar-refractivity contribution in [3.05, 3.63) is 95.5 Å². The van der Waals surface area contributed by atoms with Crippen LogP contribution in [0.15, 0.2) is 68.1 Å². The van der Waals surface area contributed by atoms with Crippen LogP contribution in [0.4, 0.5) is 0 Å². The van der Waals surface area contributed by atoms with Crippen LogP contribution in [0, 0.1) is 0 Å². The first-order valence-electron chi connectivity index (χ1n) is 8.65. The van der Waals surface area contributed by atoms with E-state index in [4.69, 9.17) is 0 Å². The maximum atomic E-state index is 12.2. The second kappa shape index (κ2) is 5.86. The van der Waals surface area contributed by atoms with Crippen LogP contribution in [0.25, 0.3) is 38.6 Å². The number of carbonyl (C=O) groups is 2. The number of fused-ring (bicyclic) bond motifs is 2. The summed E-state index contributed by atoms with van der Waals surface area (Å²) in [6.45, 7) is 3.68. The van der Waals surface area contributed by atoms with Gasteiger partial charge in [-0.2, -0.15) is 11.3 Å². The van der Waals surface area contributed by atoms with Gasteiger partial charge in [-0.15, -0.1) is 0 Å². The van der Waals surface area contributed by atoms with Crippen molar-refractivity contribution in [2.24, 2.45) is 0 Å². The van der Waals surface area contributed by atoms with E-state index >= 15 is 0 Å². The molecule has 0 saturated heterocycles. The fraction of sp³-hybridized carbons (Fsp3) is 0. The van der Waals surface area contributed by atoms with E-state index in [1.807, 2.05) is 16.8 Å². The molecule has 0 amide bonds. The highest BCUT2D eigenvalue weighted by Crippen LogP contribution is 2.38. The first kappa shape index (κ1) is 17.3. The molecule has 0 radical (unpaired) electrons. The summed E-state index contributed by atoms with van der Waals surface area (Å²) in [6, 6.07) is 9.93. The minimum Gasteiger partial charge on any atom is -0.285 e. The lowest BCUT2D eigenvalue weighted by atomic mass is 9.95. The third-order valence-electron chi connectivity index (χ3n) is 5.27. The normalized spacial score (nSPS) is 13.4. The highest BCUT2D eigenvalue weighted by atomic mass is 32.1. The van der Waals surface area contributed by atoms with Gasteiger partial charge < -0.3 is 0 Å². The van der Waals surface area contributed by atoms with Gasteiger partial charge in [-0.3, -0.25) is 24.0 Å². The number of hydrogen-bond donors (Lipinski definition) is 0. The number of benzene rings is 2. The summed E-state index contributed by atoms with van der Waals surface area (Å²) in [4.78, 5) is 59.7. The number of rotatable bonds is 2. The van der Waals surface area contributed by atoms with Crippen molar-refractivity contribution in [3.63, 3.8) is 0 Å². The van der Waals surface area contributed by atoms with E-state index in [2.05, 4.69) is 6.58 Å². The first-order valence-corrected chi connectivity index (χ1v) is 9.59. The first-order chi connectivity index (χ1) is 13.9. The Hall–Kier alpha value is -3.77. The van der Waals surface area contributed by atoms with E-state index in [0.717, 1.165) is 16.7 Å². The topological polar surface area (TPSA) is 85.3 Å². The van der Waals surface area contributed by atoms with Crippen molar-refractivity contribution >= 4 is 39.2 Å². The van der Waals surface area contributed by atoms with Crippen LogP contribution < -0.4 is 16.3 Å². The summed E-state index contributed by atoms with van der Waals surface area (Å²) >= 11 is 1.44. The zero-order valence-corrected chi connectivity index (χ0v) is 15.6. The minimum absolute atomic E-state index is 0.112. The van der Waals surface area contributed by atoms with Gasteiger partial charge in [-0.25, -0.2) is 0 Å². The number of Topliss-reactive ketones (excluding diaryl/α,β-unsaturated/α-hetero) is 2. The van der Waals surface area contributed by atoms with Crippen molar-refractivity contribution in [1.29, 1.82) is 0 Å². The fourth-order valence-corrected chi connectivity index (χ4v) is 4.60. The third-order valence-corrected chi connectivity index (χ3v) is 6.02. The maximum Gasteiger partial charge on any atom is 0.273 e. The standard InChI is InChI=1S/C23H10O5S/c1-10-13-4-2-11(6-15(13)21(26)19(10)24)17-8-29-9-18(17)12-3-5-14-16(7-12)22(27)23(28)20(14)25/h2-9H,1H2. The molecular formula is C23H10O5S. The summed E-state index contributed by atoms with van der Waals surface area (Å²) in [5.41, 5.74) is 1.55. The summed E-state index contributed by atoms with van der Waals surface area (Å²) in [6.07, 6.45) is 0. The number of allylic oxidation sites excluding steroid dienone is 1. The summed E-state index contributed by atoms with van der Waals surface area (Å²) in [7, 11) is 0. The highest BCUT2D eigenvalue weighted by molar-refractivity contribution is 7.08. The van der Waals surface area contributed by atoms with E-state index in [-0.39, 0.29) is 16.3 Å². The Bertz CT molecular complexity index is 1560. The van der Waals surface area contributed by atoms with Crippen molar-refractivity contribution in [1.82, 2.24) is 0 Å². The molecule has 0 spiro atoms. The lowest BCUT2D eigenvalue weighted by Crippen LogP contribution is -2.29. The Kier molecular flexibility index (Phi) is 3.50. The fourth-order valence-electron chi connectivity index (χ4n) is 3.73.